The molecule has 2 aliphatic heterocycles. The van der Waals surface area contributed by atoms with Gasteiger partial charge in [-0.05, 0) is 32.3 Å². The Morgan fingerprint density at radius 1 is 1.22 bits per heavy atom. The van der Waals surface area contributed by atoms with Gasteiger partial charge in [0.1, 0.15) is 5.75 Å². The molecule has 1 atom stereocenters. The molecule has 0 bridgehead atoms. The van der Waals surface area contributed by atoms with Gasteiger partial charge in [0.25, 0.3) is 0 Å². The van der Waals surface area contributed by atoms with Crippen LogP contribution in [0.1, 0.15) is 31.7 Å². The number of hydrogen-bond acceptors (Lipinski definition) is 4. The van der Waals surface area contributed by atoms with Crippen molar-refractivity contribution in [3.63, 3.8) is 0 Å². The molecule has 0 N–H and O–H groups in total. The van der Waals surface area contributed by atoms with E-state index < -0.39 is 5.41 Å². The third-order valence-electron chi connectivity index (χ3n) is 5.71. The lowest BCUT2D eigenvalue weighted by Gasteiger charge is -2.39. The Morgan fingerprint density at radius 3 is 2.81 bits per heavy atom. The molecular weight excluding hydrogens is 344 g/mol. The van der Waals surface area contributed by atoms with Crippen molar-refractivity contribution in [2.45, 2.75) is 32.6 Å². The molecule has 2 fully saturated rings. The van der Waals surface area contributed by atoms with Gasteiger partial charge in [-0.15, -0.1) is 0 Å². The highest BCUT2D eigenvalue weighted by Crippen LogP contribution is 2.40. The zero-order valence-corrected chi connectivity index (χ0v) is 16.4. The van der Waals surface area contributed by atoms with Crippen molar-refractivity contribution in [3.8, 4) is 5.75 Å². The maximum atomic E-state index is 13.0. The van der Waals surface area contributed by atoms with Crippen LogP contribution in [0.4, 0.5) is 0 Å². The molecule has 1 spiro atoms. The minimum atomic E-state index is -0.402. The Balaban J connectivity index is 1.65. The summed E-state index contributed by atoms with van der Waals surface area (Å²) in [5, 5.41) is 0. The average molecular weight is 374 g/mol. The van der Waals surface area contributed by atoms with Crippen LogP contribution in [0, 0.1) is 5.41 Å². The van der Waals surface area contributed by atoms with E-state index in [1.807, 2.05) is 41.0 Å². The summed E-state index contributed by atoms with van der Waals surface area (Å²) < 4.78 is 10.8. The second-order valence-corrected chi connectivity index (χ2v) is 7.45. The molecule has 0 unspecified atom stereocenters. The van der Waals surface area contributed by atoms with Gasteiger partial charge in [0, 0.05) is 38.9 Å². The number of para-hydroxylation sites is 1. The summed E-state index contributed by atoms with van der Waals surface area (Å²) in [4.78, 5) is 29.7. The second kappa shape index (κ2) is 8.74. The largest absolute Gasteiger partial charge is 0.494 e. The first-order valence-corrected chi connectivity index (χ1v) is 9.86. The maximum Gasteiger partial charge on any atom is 0.230 e. The number of rotatable bonds is 7. The van der Waals surface area contributed by atoms with Crippen molar-refractivity contribution in [1.29, 1.82) is 0 Å². The van der Waals surface area contributed by atoms with E-state index in [2.05, 4.69) is 0 Å². The van der Waals surface area contributed by atoms with E-state index in [-0.39, 0.29) is 11.8 Å². The first kappa shape index (κ1) is 19.7. The van der Waals surface area contributed by atoms with E-state index in [0.717, 1.165) is 37.1 Å². The predicted molar refractivity (Wildman–Crippen MR) is 103 cm³/mol. The predicted octanol–water partition coefficient (Wildman–Crippen LogP) is 2.12. The molecule has 6 nitrogen and oxygen atoms in total. The Labute approximate surface area is 161 Å². The van der Waals surface area contributed by atoms with Crippen molar-refractivity contribution in [2.24, 2.45) is 5.41 Å². The summed E-state index contributed by atoms with van der Waals surface area (Å²) in [5.41, 5.74) is 0.503. The highest BCUT2D eigenvalue weighted by atomic mass is 16.5. The molecule has 0 radical (unpaired) electrons. The van der Waals surface area contributed by atoms with Gasteiger partial charge in [-0.2, -0.15) is 0 Å². The number of amides is 2. The molecule has 0 aliphatic carbocycles. The Hall–Kier alpha value is -2.08. The summed E-state index contributed by atoms with van der Waals surface area (Å²) in [5.74, 6) is 1.03. The maximum absolute atomic E-state index is 13.0. The van der Waals surface area contributed by atoms with Gasteiger partial charge in [0.05, 0.1) is 25.0 Å². The molecule has 0 aromatic heterocycles. The van der Waals surface area contributed by atoms with Crippen molar-refractivity contribution >= 4 is 11.8 Å². The van der Waals surface area contributed by atoms with Crippen LogP contribution in [0.25, 0.3) is 0 Å². The van der Waals surface area contributed by atoms with Gasteiger partial charge in [-0.25, -0.2) is 0 Å². The molecule has 2 saturated heterocycles. The number of benzene rings is 1. The number of hydrogen-bond donors (Lipinski definition) is 0. The third kappa shape index (κ3) is 4.26. The second-order valence-electron chi connectivity index (χ2n) is 7.45. The van der Waals surface area contributed by atoms with Crippen LogP contribution in [-0.4, -0.2) is 68.1 Å². The van der Waals surface area contributed by atoms with Crippen LogP contribution >= 0.6 is 0 Å². The van der Waals surface area contributed by atoms with E-state index in [1.165, 1.54) is 0 Å². The number of methoxy groups -OCH3 is 1. The van der Waals surface area contributed by atoms with E-state index in [0.29, 0.717) is 39.3 Å². The van der Waals surface area contributed by atoms with E-state index >= 15 is 0 Å². The standard InChI is InChI=1S/C21H30N2O4/c1-3-27-18-8-5-4-7-17(18)15-19(24)23-12-10-21(16-23)9-6-11-22(20(21)25)13-14-26-2/h4-5,7-8H,3,6,9-16H2,1-2H3/t21-/m0/s1. The molecule has 3 rings (SSSR count). The van der Waals surface area contributed by atoms with Gasteiger partial charge >= 0.3 is 0 Å². The van der Waals surface area contributed by atoms with Gasteiger partial charge in [-0.3, -0.25) is 9.59 Å². The molecule has 2 heterocycles. The first-order chi connectivity index (χ1) is 13.1. The highest BCUT2D eigenvalue weighted by Gasteiger charge is 2.49. The SMILES string of the molecule is CCOc1ccccc1CC(=O)N1CC[C@@]2(CCCN(CCOC)C2=O)C1. The van der Waals surface area contributed by atoms with Crippen molar-refractivity contribution < 1.29 is 19.1 Å². The molecule has 0 saturated carbocycles. The third-order valence-corrected chi connectivity index (χ3v) is 5.71. The fourth-order valence-corrected chi connectivity index (χ4v) is 4.25. The zero-order valence-electron chi connectivity index (χ0n) is 16.4. The van der Waals surface area contributed by atoms with Crippen molar-refractivity contribution in [2.75, 3.05) is 46.5 Å². The van der Waals surface area contributed by atoms with Crippen molar-refractivity contribution in [3.05, 3.63) is 29.8 Å². The van der Waals surface area contributed by atoms with Crippen LogP contribution in [0.2, 0.25) is 0 Å². The van der Waals surface area contributed by atoms with Crippen LogP contribution in [0.5, 0.6) is 5.75 Å². The fraction of sp³-hybridized carbons (Fsp3) is 0.619. The zero-order chi connectivity index (χ0) is 19.3. The quantitative estimate of drug-likeness (QED) is 0.734. The van der Waals surface area contributed by atoms with Gasteiger partial charge in [-0.1, -0.05) is 18.2 Å². The molecule has 6 heteroatoms. The Kier molecular flexibility index (Phi) is 6.37. The number of ether oxygens (including phenoxy) is 2. The lowest BCUT2D eigenvalue weighted by atomic mass is 9.78. The number of carbonyl (C=O) groups is 2. The summed E-state index contributed by atoms with van der Waals surface area (Å²) >= 11 is 0. The topological polar surface area (TPSA) is 59.1 Å². The highest BCUT2D eigenvalue weighted by molar-refractivity contribution is 5.86. The van der Waals surface area contributed by atoms with Crippen LogP contribution in [0.15, 0.2) is 24.3 Å². The van der Waals surface area contributed by atoms with Crippen LogP contribution < -0.4 is 4.74 Å². The molecule has 27 heavy (non-hydrogen) atoms. The van der Waals surface area contributed by atoms with Gasteiger partial charge in [0.15, 0.2) is 0 Å². The Morgan fingerprint density at radius 2 is 2.04 bits per heavy atom. The van der Waals surface area contributed by atoms with Gasteiger partial charge in [0.2, 0.25) is 11.8 Å². The minimum absolute atomic E-state index is 0.0702. The van der Waals surface area contributed by atoms with Crippen LogP contribution in [-0.2, 0) is 20.7 Å². The van der Waals surface area contributed by atoms with Crippen LogP contribution in [0.3, 0.4) is 0 Å². The molecular formula is C21H30N2O4. The fourth-order valence-electron chi connectivity index (χ4n) is 4.25. The summed E-state index contributed by atoms with van der Waals surface area (Å²) in [6.45, 7) is 5.67. The molecule has 1 aromatic rings. The number of carbonyl (C=O) groups excluding carboxylic acids is 2. The smallest absolute Gasteiger partial charge is 0.230 e. The average Bonchev–Trinajstić information content (AvgIpc) is 3.10. The molecule has 148 valence electrons. The lowest BCUT2D eigenvalue weighted by molar-refractivity contribution is -0.146. The van der Waals surface area contributed by atoms with E-state index in [1.54, 1.807) is 7.11 Å². The molecule has 2 amide bonds. The normalized spacial score (nSPS) is 22.5. The minimum Gasteiger partial charge on any atom is -0.494 e. The first-order valence-electron chi connectivity index (χ1n) is 9.86. The van der Waals surface area contributed by atoms with E-state index in [4.69, 9.17) is 9.47 Å². The summed E-state index contributed by atoms with van der Waals surface area (Å²) in [6, 6.07) is 7.68. The summed E-state index contributed by atoms with van der Waals surface area (Å²) in [7, 11) is 1.65. The lowest BCUT2D eigenvalue weighted by Crippen LogP contribution is -2.51. The number of piperidine rings is 1. The number of likely N-dealkylation sites (tertiary alicyclic amines) is 2. The molecule has 2 aliphatic rings. The number of nitrogens with zero attached hydrogens (tertiary/aromatic N) is 2. The molecule has 1 aromatic carbocycles. The van der Waals surface area contributed by atoms with Gasteiger partial charge < -0.3 is 19.3 Å². The van der Waals surface area contributed by atoms with Crippen molar-refractivity contribution in [1.82, 2.24) is 9.80 Å². The summed E-state index contributed by atoms with van der Waals surface area (Å²) in [6.07, 6.45) is 2.93. The Bertz CT molecular complexity index is 678. The monoisotopic (exact) mass is 374 g/mol. The van der Waals surface area contributed by atoms with E-state index in [9.17, 15) is 9.59 Å².